The van der Waals surface area contributed by atoms with Crippen molar-refractivity contribution in [3.63, 3.8) is 0 Å². The van der Waals surface area contributed by atoms with E-state index in [9.17, 15) is 8.42 Å². The lowest BCUT2D eigenvalue weighted by atomic mass is 10.0. The zero-order valence-corrected chi connectivity index (χ0v) is 17.8. The third kappa shape index (κ3) is 3.98. The number of piperazine rings is 1. The highest BCUT2D eigenvalue weighted by Crippen LogP contribution is 2.24. The van der Waals surface area contributed by atoms with E-state index in [1.54, 1.807) is 27.8 Å². The van der Waals surface area contributed by atoms with Crippen molar-refractivity contribution < 1.29 is 8.42 Å². The molecule has 0 bridgehead atoms. The minimum atomic E-state index is -3.43. The maximum Gasteiger partial charge on any atom is 0.243 e. The molecule has 7 heteroatoms. The quantitative estimate of drug-likeness (QED) is 0.634. The van der Waals surface area contributed by atoms with Crippen molar-refractivity contribution in [3.05, 3.63) is 59.1 Å². The molecule has 1 aliphatic rings. The van der Waals surface area contributed by atoms with Gasteiger partial charge < -0.3 is 0 Å². The molecular weight excluding hydrogens is 390 g/mol. The van der Waals surface area contributed by atoms with Crippen molar-refractivity contribution in [1.29, 1.82) is 0 Å². The zero-order chi connectivity index (χ0) is 19.7. The first-order valence-corrected chi connectivity index (χ1v) is 11.9. The Bertz CT molecular complexity index is 1020. The minimum absolute atomic E-state index is 0.386. The first kappa shape index (κ1) is 19.5. The smallest absolute Gasteiger partial charge is 0.243 e. The molecule has 2 aromatic carbocycles. The third-order valence-corrected chi connectivity index (χ3v) is 8.15. The number of hydrogen-bond donors (Lipinski definition) is 0. The Morgan fingerprint density at radius 3 is 2.32 bits per heavy atom. The van der Waals surface area contributed by atoms with Crippen LogP contribution in [0.4, 0.5) is 0 Å². The van der Waals surface area contributed by atoms with Gasteiger partial charge in [-0.05, 0) is 35.7 Å². The Kier molecular flexibility index (Phi) is 5.51. The highest BCUT2D eigenvalue weighted by molar-refractivity contribution is 7.89. The lowest BCUT2D eigenvalue weighted by molar-refractivity contribution is 0.181. The number of thiazole rings is 1. The molecule has 1 aliphatic heterocycles. The van der Waals surface area contributed by atoms with E-state index in [4.69, 9.17) is 0 Å². The molecule has 0 aliphatic carbocycles. The lowest BCUT2D eigenvalue weighted by Gasteiger charge is -2.33. The van der Waals surface area contributed by atoms with Crippen LogP contribution >= 0.6 is 11.3 Å². The Labute approximate surface area is 170 Å². The van der Waals surface area contributed by atoms with Crippen LogP contribution in [0.2, 0.25) is 0 Å². The van der Waals surface area contributed by atoms with Gasteiger partial charge in [0.25, 0.3) is 0 Å². The molecule has 0 amide bonds. The molecule has 148 valence electrons. The van der Waals surface area contributed by atoms with Gasteiger partial charge in [-0.15, -0.1) is 11.3 Å². The largest absolute Gasteiger partial charge is 0.294 e. The second-order valence-corrected chi connectivity index (χ2v) is 10.5. The number of aromatic nitrogens is 1. The Hall–Kier alpha value is -1.80. The third-order valence-electron chi connectivity index (χ3n) is 5.21. The average molecular weight is 416 g/mol. The summed E-state index contributed by atoms with van der Waals surface area (Å²) in [5.41, 5.74) is 2.19. The standard InChI is InChI=1S/C21H25N3O2S2/c1-16(2)17-7-9-18(10-8-17)28(25,26)24-13-11-23(12-14-24)15-21-22-19-5-3-4-6-20(19)27-21/h3-10,16H,11-15H2,1-2H3. The van der Waals surface area contributed by atoms with Crippen LogP contribution in [0, 0.1) is 0 Å². The van der Waals surface area contributed by atoms with Crippen molar-refractivity contribution in [2.45, 2.75) is 31.2 Å². The van der Waals surface area contributed by atoms with E-state index >= 15 is 0 Å². The summed E-state index contributed by atoms with van der Waals surface area (Å²) in [6.07, 6.45) is 0. The van der Waals surface area contributed by atoms with E-state index < -0.39 is 10.0 Å². The summed E-state index contributed by atoms with van der Waals surface area (Å²) in [6, 6.07) is 15.5. The minimum Gasteiger partial charge on any atom is -0.294 e. The molecule has 3 aromatic rings. The number of rotatable bonds is 5. The summed E-state index contributed by atoms with van der Waals surface area (Å²) >= 11 is 1.71. The molecule has 1 fully saturated rings. The normalized spacial score (nSPS) is 16.8. The lowest BCUT2D eigenvalue weighted by Crippen LogP contribution is -2.48. The van der Waals surface area contributed by atoms with Gasteiger partial charge in [0, 0.05) is 26.2 Å². The molecule has 2 heterocycles. The van der Waals surface area contributed by atoms with Crippen LogP contribution in [0.25, 0.3) is 10.2 Å². The maximum atomic E-state index is 12.9. The van der Waals surface area contributed by atoms with Crippen molar-refractivity contribution >= 4 is 31.6 Å². The molecule has 0 N–H and O–H groups in total. The fourth-order valence-corrected chi connectivity index (χ4v) is 5.91. The predicted molar refractivity (Wildman–Crippen MR) is 114 cm³/mol. The van der Waals surface area contributed by atoms with E-state index in [-0.39, 0.29) is 0 Å². The van der Waals surface area contributed by atoms with Gasteiger partial charge >= 0.3 is 0 Å². The van der Waals surface area contributed by atoms with E-state index in [1.807, 2.05) is 30.3 Å². The van der Waals surface area contributed by atoms with Crippen molar-refractivity contribution in [2.75, 3.05) is 26.2 Å². The van der Waals surface area contributed by atoms with E-state index in [0.717, 1.165) is 35.7 Å². The molecule has 4 rings (SSSR count). The van der Waals surface area contributed by atoms with Gasteiger partial charge in [-0.25, -0.2) is 13.4 Å². The van der Waals surface area contributed by atoms with Gasteiger partial charge in [0.05, 0.1) is 21.7 Å². The van der Waals surface area contributed by atoms with Crippen LogP contribution in [0.5, 0.6) is 0 Å². The van der Waals surface area contributed by atoms with E-state index in [1.165, 1.54) is 4.70 Å². The molecular formula is C21H25N3O2S2. The number of fused-ring (bicyclic) bond motifs is 1. The summed E-state index contributed by atoms with van der Waals surface area (Å²) < 4.78 is 28.7. The molecule has 0 spiro atoms. The fraction of sp³-hybridized carbons (Fsp3) is 0.381. The number of benzene rings is 2. The second kappa shape index (κ2) is 7.91. The van der Waals surface area contributed by atoms with Crippen LogP contribution < -0.4 is 0 Å². The maximum absolute atomic E-state index is 12.9. The van der Waals surface area contributed by atoms with Gasteiger partial charge in [0.2, 0.25) is 10.0 Å². The Balaban J connectivity index is 1.40. The summed E-state index contributed by atoms with van der Waals surface area (Å²) in [6.45, 7) is 7.45. The van der Waals surface area contributed by atoms with Crippen molar-refractivity contribution in [1.82, 2.24) is 14.2 Å². The van der Waals surface area contributed by atoms with E-state index in [0.29, 0.717) is 23.9 Å². The first-order valence-electron chi connectivity index (χ1n) is 9.60. The first-order chi connectivity index (χ1) is 13.4. The highest BCUT2D eigenvalue weighted by atomic mass is 32.2. The monoisotopic (exact) mass is 415 g/mol. The van der Waals surface area contributed by atoms with Gasteiger partial charge in [0.1, 0.15) is 5.01 Å². The number of nitrogens with zero attached hydrogens (tertiary/aromatic N) is 3. The molecule has 0 saturated carbocycles. The number of hydrogen-bond acceptors (Lipinski definition) is 5. The van der Waals surface area contributed by atoms with Crippen molar-refractivity contribution in [3.8, 4) is 0 Å². The van der Waals surface area contributed by atoms with Crippen LogP contribution in [0.1, 0.15) is 30.3 Å². The molecule has 0 atom stereocenters. The Morgan fingerprint density at radius 1 is 1.00 bits per heavy atom. The molecule has 1 aromatic heterocycles. The molecule has 0 unspecified atom stereocenters. The van der Waals surface area contributed by atoms with Crippen LogP contribution in [0.15, 0.2) is 53.4 Å². The van der Waals surface area contributed by atoms with Gasteiger partial charge in [-0.1, -0.05) is 38.1 Å². The molecule has 5 nitrogen and oxygen atoms in total. The topological polar surface area (TPSA) is 53.5 Å². The summed E-state index contributed by atoms with van der Waals surface area (Å²) in [5.74, 6) is 0.391. The molecule has 0 radical (unpaired) electrons. The number of sulfonamides is 1. The zero-order valence-electron chi connectivity index (χ0n) is 16.2. The van der Waals surface area contributed by atoms with Gasteiger partial charge in [-0.2, -0.15) is 4.31 Å². The van der Waals surface area contributed by atoms with Crippen molar-refractivity contribution in [2.24, 2.45) is 0 Å². The van der Waals surface area contributed by atoms with E-state index in [2.05, 4.69) is 29.8 Å². The number of para-hydroxylation sites is 1. The Morgan fingerprint density at radius 2 is 1.68 bits per heavy atom. The average Bonchev–Trinajstić information content (AvgIpc) is 3.10. The van der Waals surface area contributed by atoms with Gasteiger partial charge in [0.15, 0.2) is 0 Å². The SMILES string of the molecule is CC(C)c1ccc(S(=O)(=O)N2CCN(Cc3nc4ccccc4s3)CC2)cc1. The highest BCUT2D eigenvalue weighted by Gasteiger charge is 2.28. The second-order valence-electron chi connectivity index (χ2n) is 7.48. The predicted octanol–water partition coefficient (Wildman–Crippen LogP) is 3.93. The van der Waals surface area contributed by atoms with Crippen LogP contribution in [-0.2, 0) is 16.6 Å². The summed E-state index contributed by atoms with van der Waals surface area (Å²) in [5, 5.41) is 1.08. The summed E-state index contributed by atoms with van der Waals surface area (Å²) in [7, 11) is -3.43. The fourth-order valence-electron chi connectivity index (χ4n) is 3.48. The van der Waals surface area contributed by atoms with Crippen LogP contribution in [-0.4, -0.2) is 48.8 Å². The van der Waals surface area contributed by atoms with Gasteiger partial charge in [-0.3, -0.25) is 4.90 Å². The molecule has 28 heavy (non-hydrogen) atoms. The van der Waals surface area contributed by atoms with Crippen LogP contribution in [0.3, 0.4) is 0 Å². The molecule has 1 saturated heterocycles. The summed E-state index contributed by atoms with van der Waals surface area (Å²) in [4.78, 5) is 7.36.